The number of hydrogen-bond acceptors (Lipinski definition) is 2. The average Bonchev–Trinajstić information content (AvgIpc) is 3.03. The standard InChI is InChI=1S/C14H8Br2N4/c15-7-3-1-5-9-11(7)19-13(17-9)14-18-10-6-2-4-8(16)12(10)20-14/h1-6H,(H,17,19)(H,18,20). The van der Waals surface area contributed by atoms with Crippen molar-refractivity contribution in [2.24, 2.45) is 0 Å². The molecule has 0 amide bonds. The molecule has 0 aliphatic carbocycles. The van der Waals surface area contributed by atoms with Gasteiger partial charge in [0.2, 0.25) is 0 Å². The number of nitrogens with zero attached hydrogens (tertiary/aromatic N) is 2. The van der Waals surface area contributed by atoms with Gasteiger partial charge in [0.05, 0.1) is 11.0 Å². The van der Waals surface area contributed by atoms with Crippen molar-refractivity contribution >= 4 is 53.9 Å². The largest absolute Gasteiger partial charge is 0.335 e. The van der Waals surface area contributed by atoms with Gasteiger partial charge in [-0.2, -0.15) is 0 Å². The van der Waals surface area contributed by atoms with E-state index in [1.54, 1.807) is 0 Å². The van der Waals surface area contributed by atoms with Gasteiger partial charge < -0.3 is 9.97 Å². The molecule has 0 radical (unpaired) electrons. The van der Waals surface area contributed by atoms with Gasteiger partial charge in [-0.25, -0.2) is 9.97 Å². The van der Waals surface area contributed by atoms with Crippen LogP contribution in [0.25, 0.3) is 33.7 Å². The van der Waals surface area contributed by atoms with E-state index in [1.807, 2.05) is 36.4 Å². The number of imidazole rings is 2. The summed E-state index contributed by atoms with van der Waals surface area (Å²) in [5.41, 5.74) is 3.77. The number of hydrogen-bond donors (Lipinski definition) is 2. The first-order valence-corrected chi connectivity index (χ1v) is 7.60. The fourth-order valence-corrected chi connectivity index (χ4v) is 3.13. The van der Waals surface area contributed by atoms with E-state index < -0.39 is 0 Å². The number of aromatic amines is 2. The lowest BCUT2D eigenvalue weighted by Gasteiger charge is -1.88. The second-order valence-electron chi connectivity index (χ2n) is 4.44. The Bertz CT molecular complexity index is 861. The van der Waals surface area contributed by atoms with Gasteiger partial charge in [-0.15, -0.1) is 0 Å². The summed E-state index contributed by atoms with van der Waals surface area (Å²) in [5.74, 6) is 1.46. The Labute approximate surface area is 130 Å². The normalized spacial score (nSPS) is 11.5. The molecule has 4 aromatic rings. The molecule has 0 saturated carbocycles. The molecule has 98 valence electrons. The first kappa shape index (κ1) is 12.1. The van der Waals surface area contributed by atoms with Crippen molar-refractivity contribution in [2.75, 3.05) is 0 Å². The first-order valence-electron chi connectivity index (χ1n) is 6.01. The van der Waals surface area contributed by atoms with Gasteiger partial charge in [-0.3, -0.25) is 0 Å². The van der Waals surface area contributed by atoms with Crippen molar-refractivity contribution in [2.45, 2.75) is 0 Å². The van der Waals surface area contributed by atoms with E-state index in [4.69, 9.17) is 0 Å². The highest BCUT2D eigenvalue weighted by atomic mass is 79.9. The third kappa shape index (κ3) is 1.79. The lowest BCUT2D eigenvalue weighted by molar-refractivity contribution is 1.22. The van der Waals surface area contributed by atoms with Gasteiger partial charge in [0, 0.05) is 8.95 Å². The van der Waals surface area contributed by atoms with Crippen LogP contribution in [0, 0.1) is 0 Å². The van der Waals surface area contributed by atoms with Gasteiger partial charge >= 0.3 is 0 Å². The Balaban J connectivity index is 1.96. The summed E-state index contributed by atoms with van der Waals surface area (Å²) in [6.07, 6.45) is 0. The highest BCUT2D eigenvalue weighted by Gasteiger charge is 2.12. The maximum Gasteiger partial charge on any atom is 0.174 e. The van der Waals surface area contributed by atoms with E-state index in [2.05, 4.69) is 51.8 Å². The van der Waals surface area contributed by atoms with Crippen molar-refractivity contribution < 1.29 is 0 Å². The van der Waals surface area contributed by atoms with Gasteiger partial charge in [0.1, 0.15) is 11.0 Å². The highest BCUT2D eigenvalue weighted by molar-refractivity contribution is 9.11. The lowest BCUT2D eigenvalue weighted by atomic mass is 10.3. The molecule has 0 aliphatic rings. The molecule has 4 rings (SSSR count). The summed E-state index contributed by atoms with van der Waals surface area (Å²) in [6, 6.07) is 11.9. The molecule has 2 aromatic heterocycles. The second-order valence-corrected chi connectivity index (χ2v) is 6.15. The minimum absolute atomic E-state index is 0.731. The molecular weight excluding hydrogens is 384 g/mol. The van der Waals surface area contributed by atoms with E-state index in [9.17, 15) is 0 Å². The second kappa shape index (κ2) is 4.43. The summed E-state index contributed by atoms with van der Waals surface area (Å²) >= 11 is 7.02. The van der Waals surface area contributed by atoms with E-state index in [-0.39, 0.29) is 0 Å². The first-order chi connectivity index (χ1) is 9.72. The molecule has 0 bridgehead atoms. The zero-order valence-corrected chi connectivity index (χ0v) is 13.3. The summed E-state index contributed by atoms with van der Waals surface area (Å²) < 4.78 is 1.93. The summed E-state index contributed by atoms with van der Waals surface area (Å²) in [4.78, 5) is 15.8. The van der Waals surface area contributed by atoms with E-state index in [0.29, 0.717) is 0 Å². The summed E-state index contributed by atoms with van der Waals surface area (Å²) in [6.45, 7) is 0. The van der Waals surface area contributed by atoms with Crippen LogP contribution in [0.2, 0.25) is 0 Å². The zero-order chi connectivity index (χ0) is 13.7. The highest BCUT2D eigenvalue weighted by Crippen LogP contribution is 2.27. The van der Waals surface area contributed by atoms with Crippen molar-refractivity contribution in [3.63, 3.8) is 0 Å². The van der Waals surface area contributed by atoms with Crippen molar-refractivity contribution in [1.29, 1.82) is 0 Å². The maximum atomic E-state index is 4.60. The number of H-pyrrole nitrogens is 2. The number of halogens is 2. The van der Waals surface area contributed by atoms with Crippen LogP contribution in [0.15, 0.2) is 45.3 Å². The minimum atomic E-state index is 0.731. The Hall–Kier alpha value is -1.66. The van der Waals surface area contributed by atoms with Crippen LogP contribution in [0.3, 0.4) is 0 Å². The molecule has 2 aromatic carbocycles. The van der Waals surface area contributed by atoms with Crippen molar-refractivity contribution in [3.05, 3.63) is 45.3 Å². The molecule has 6 heteroatoms. The quantitative estimate of drug-likeness (QED) is 0.496. The van der Waals surface area contributed by atoms with Crippen molar-refractivity contribution in [1.82, 2.24) is 19.9 Å². The molecule has 0 unspecified atom stereocenters. The van der Waals surface area contributed by atoms with Gasteiger partial charge in [-0.05, 0) is 56.1 Å². The van der Waals surface area contributed by atoms with Crippen LogP contribution >= 0.6 is 31.9 Å². The molecule has 0 atom stereocenters. The van der Waals surface area contributed by atoms with Crippen LogP contribution in [-0.4, -0.2) is 19.9 Å². The van der Waals surface area contributed by atoms with Gasteiger partial charge in [-0.1, -0.05) is 12.1 Å². The molecule has 0 saturated heterocycles. The average molecular weight is 392 g/mol. The van der Waals surface area contributed by atoms with E-state index in [0.717, 1.165) is 42.7 Å². The van der Waals surface area contributed by atoms with E-state index >= 15 is 0 Å². The molecule has 20 heavy (non-hydrogen) atoms. The summed E-state index contributed by atoms with van der Waals surface area (Å²) in [5, 5.41) is 0. The maximum absolute atomic E-state index is 4.60. The number of benzene rings is 2. The topological polar surface area (TPSA) is 57.4 Å². The zero-order valence-electron chi connectivity index (χ0n) is 10.1. The van der Waals surface area contributed by atoms with Crippen LogP contribution < -0.4 is 0 Å². The monoisotopic (exact) mass is 390 g/mol. The molecule has 0 aliphatic heterocycles. The Morgan fingerprint density at radius 3 is 1.55 bits per heavy atom. The third-order valence-electron chi connectivity index (χ3n) is 3.15. The molecular formula is C14H8Br2N4. The smallest absolute Gasteiger partial charge is 0.174 e. The Kier molecular flexibility index (Phi) is 2.68. The fraction of sp³-hybridized carbons (Fsp3) is 0. The van der Waals surface area contributed by atoms with Gasteiger partial charge in [0.25, 0.3) is 0 Å². The molecule has 4 nitrogen and oxygen atoms in total. The Morgan fingerprint density at radius 2 is 1.15 bits per heavy atom. The SMILES string of the molecule is Brc1cccc2[nH]c(-c3nc4c(Br)cccc4[nH]3)nc12. The number of fused-ring (bicyclic) bond motifs is 2. The predicted molar refractivity (Wildman–Crippen MR) is 86.6 cm³/mol. The van der Waals surface area contributed by atoms with Gasteiger partial charge in [0.15, 0.2) is 11.6 Å². The molecule has 2 heterocycles. The van der Waals surface area contributed by atoms with Crippen LogP contribution in [0.1, 0.15) is 0 Å². The fourth-order valence-electron chi connectivity index (χ4n) is 2.22. The summed E-state index contributed by atoms with van der Waals surface area (Å²) in [7, 11) is 0. The van der Waals surface area contributed by atoms with E-state index in [1.165, 1.54) is 0 Å². The number of rotatable bonds is 1. The third-order valence-corrected chi connectivity index (χ3v) is 4.43. The molecule has 0 spiro atoms. The lowest BCUT2D eigenvalue weighted by Crippen LogP contribution is -1.82. The molecule has 2 N–H and O–H groups in total. The van der Waals surface area contributed by atoms with Crippen LogP contribution in [0.5, 0.6) is 0 Å². The number of nitrogens with one attached hydrogen (secondary N) is 2. The van der Waals surface area contributed by atoms with Crippen molar-refractivity contribution in [3.8, 4) is 11.6 Å². The van der Waals surface area contributed by atoms with Crippen LogP contribution in [-0.2, 0) is 0 Å². The molecule has 0 fully saturated rings. The number of para-hydroxylation sites is 2. The Morgan fingerprint density at radius 1 is 0.700 bits per heavy atom. The number of aromatic nitrogens is 4. The minimum Gasteiger partial charge on any atom is -0.335 e. The van der Waals surface area contributed by atoms with Crippen LogP contribution in [0.4, 0.5) is 0 Å². The predicted octanol–water partition coefficient (Wildman–Crippen LogP) is 4.63.